The smallest absolute Gasteiger partial charge is 0.186 e. The van der Waals surface area contributed by atoms with E-state index in [9.17, 15) is 0 Å². The zero-order valence-corrected chi connectivity index (χ0v) is 10.2. The highest BCUT2D eigenvalue weighted by atomic mass is 32.2. The summed E-state index contributed by atoms with van der Waals surface area (Å²) >= 11 is 7.19. The van der Waals surface area contributed by atoms with Crippen LogP contribution < -0.4 is 0 Å². The lowest BCUT2D eigenvalue weighted by Crippen LogP contribution is -2.40. The Kier molecular flexibility index (Phi) is 2.84. The lowest BCUT2D eigenvalue weighted by molar-refractivity contribution is 0.0294. The molecule has 2 unspecified atom stereocenters. The third-order valence-electron chi connectivity index (χ3n) is 3.08. The van der Waals surface area contributed by atoms with Gasteiger partial charge in [0.25, 0.3) is 0 Å². The van der Waals surface area contributed by atoms with Gasteiger partial charge in [-0.25, -0.2) is 0 Å². The molecule has 0 radical (unpaired) electrons. The van der Waals surface area contributed by atoms with Crippen molar-refractivity contribution in [3.05, 3.63) is 0 Å². The summed E-state index contributed by atoms with van der Waals surface area (Å²) in [4.78, 5) is 5.62. The van der Waals surface area contributed by atoms with Crippen LogP contribution in [0.4, 0.5) is 0 Å². The molecule has 0 N–H and O–H groups in total. The number of hydrogen-bond acceptors (Lipinski definition) is 4. The van der Waals surface area contributed by atoms with Crippen molar-refractivity contribution in [2.24, 2.45) is 11.1 Å². The number of thiocarbonyl (C=S) groups is 1. The van der Waals surface area contributed by atoms with E-state index in [-0.39, 0.29) is 5.60 Å². The molecule has 1 aliphatic carbocycles. The van der Waals surface area contributed by atoms with Gasteiger partial charge in [-0.15, -0.1) is 11.8 Å². The Hall–Kier alpha value is -0.0900. The molecule has 2 atom stereocenters. The largest absolute Gasteiger partial charge is 0.382 e. The molecule has 0 bridgehead atoms. The van der Waals surface area contributed by atoms with Gasteiger partial charge in [0.05, 0.1) is 9.91 Å². The molecule has 78 valence electrons. The minimum absolute atomic E-state index is 0.222. The van der Waals surface area contributed by atoms with Gasteiger partial charge in [0.15, 0.2) is 5.60 Å². The molecule has 4 heteroatoms. The van der Waals surface area contributed by atoms with E-state index in [2.05, 4.69) is 19.0 Å². The van der Waals surface area contributed by atoms with Crippen LogP contribution in [0.2, 0.25) is 0 Å². The number of oxime groups is 1. The Bertz CT molecular complexity index is 290. The van der Waals surface area contributed by atoms with Crippen molar-refractivity contribution in [2.75, 3.05) is 5.75 Å². The Labute approximate surface area is 94.5 Å². The number of hydrogen-bond donors (Lipinski definition) is 0. The highest BCUT2D eigenvalue weighted by Crippen LogP contribution is 2.46. The van der Waals surface area contributed by atoms with Gasteiger partial charge in [0.1, 0.15) is 0 Å². The number of fused-ring (bicyclic) bond motifs is 1. The molecule has 1 heterocycles. The minimum atomic E-state index is -0.222. The normalized spacial score (nSPS) is 35.0. The molecule has 0 saturated heterocycles. The topological polar surface area (TPSA) is 21.6 Å². The maximum absolute atomic E-state index is 5.62. The van der Waals surface area contributed by atoms with Crippen LogP contribution >= 0.6 is 24.0 Å². The fraction of sp³-hybridized carbons (Fsp3) is 0.800. The van der Waals surface area contributed by atoms with Crippen molar-refractivity contribution in [2.45, 2.75) is 38.7 Å². The van der Waals surface area contributed by atoms with Crippen LogP contribution in [0.1, 0.15) is 33.1 Å². The van der Waals surface area contributed by atoms with Crippen LogP contribution in [0.15, 0.2) is 5.16 Å². The molecular formula is C10H15NOS2. The second-order valence-corrected chi connectivity index (χ2v) is 5.82. The Morgan fingerprint density at radius 1 is 1.79 bits per heavy atom. The number of nitrogens with zero attached hydrogens (tertiary/aromatic N) is 1. The Morgan fingerprint density at radius 2 is 2.57 bits per heavy atom. The van der Waals surface area contributed by atoms with Gasteiger partial charge in [-0.2, -0.15) is 0 Å². The molecule has 0 spiro atoms. The van der Waals surface area contributed by atoms with Crippen LogP contribution in [0.25, 0.3) is 0 Å². The quantitative estimate of drug-likeness (QED) is 0.679. The first-order chi connectivity index (χ1) is 6.70. The van der Waals surface area contributed by atoms with Crippen LogP contribution in [-0.4, -0.2) is 21.3 Å². The first-order valence-electron chi connectivity index (χ1n) is 5.10. The van der Waals surface area contributed by atoms with Gasteiger partial charge in [-0.05, 0) is 31.9 Å². The zero-order valence-electron chi connectivity index (χ0n) is 8.58. The van der Waals surface area contributed by atoms with Crippen molar-refractivity contribution in [3.8, 4) is 0 Å². The average Bonchev–Trinajstić information content (AvgIpc) is 2.69. The van der Waals surface area contributed by atoms with Crippen molar-refractivity contribution in [1.29, 1.82) is 0 Å². The van der Waals surface area contributed by atoms with Gasteiger partial charge in [-0.1, -0.05) is 24.3 Å². The summed E-state index contributed by atoms with van der Waals surface area (Å²) in [6.07, 6.45) is 3.44. The van der Waals surface area contributed by atoms with E-state index in [0.29, 0.717) is 5.92 Å². The van der Waals surface area contributed by atoms with E-state index in [0.717, 1.165) is 22.1 Å². The lowest BCUT2D eigenvalue weighted by Gasteiger charge is -2.26. The summed E-state index contributed by atoms with van der Waals surface area (Å²) in [5.74, 6) is 1.48. The standard InChI is InChI=1S/C10H15NOS2/c1-3-14-9(13)10-6-4-5-8(10)7(2)11-12-10/h8H,3-6H2,1-2H3. The SMILES string of the molecule is CCSC(=S)C12CCCC1C(C)=NO2. The molecule has 2 rings (SSSR count). The van der Waals surface area contributed by atoms with Crippen LogP contribution in [-0.2, 0) is 4.84 Å². The molecule has 1 aliphatic heterocycles. The summed E-state index contributed by atoms with van der Waals surface area (Å²) in [7, 11) is 0. The van der Waals surface area contributed by atoms with Crippen LogP contribution in [0.5, 0.6) is 0 Å². The van der Waals surface area contributed by atoms with E-state index < -0.39 is 0 Å². The molecule has 2 aliphatic rings. The van der Waals surface area contributed by atoms with Gasteiger partial charge in [-0.3, -0.25) is 0 Å². The van der Waals surface area contributed by atoms with Gasteiger partial charge >= 0.3 is 0 Å². The van der Waals surface area contributed by atoms with E-state index >= 15 is 0 Å². The van der Waals surface area contributed by atoms with E-state index in [4.69, 9.17) is 17.1 Å². The fourth-order valence-corrected chi connectivity index (χ4v) is 3.81. The first-order valence-corrected chi connectivity index (χ1v) is 6.50. The predicted octanol–water partition coefficient (Wildman–Crippen LogP) is 3.01. The van der Waals surface area contributed by atoms with Crippen LogP contribution in [0, 0.1) is 5.92 Å². The molecule has 0 aromatic carbocycles. The zero-order chi connectivity index (χ0) is 10.2. The van der Waals surface area contributed by atoms with Gasteiger partial charge in [0, 0.05) is 5.92 Å². The molecule has 0 amide bonds. The first kappa shape index (κ1) is 10.4. The Balaban J connectivity index is 2.20. The highest BCUT2D eigenvalue weighted by molar-refractivity contribution is 8.23. The van der Waals surface area contributed by atoms with E-state index in [1.165, 1.54) is 12.8 Å². The van der Waals surface area contributed by atoms with Crippen molar-refractivity contribution < 1.29 is 4.84 Å². The van der Waals surface area contributed by atoms with Crippen molar-refractivity contribution >= 4 is 33.9 Å². The predicted molar refractivity (Wildman–Crippen MR) is 65.0 cm³/mol. The van der Waals surface area contributed by atoms with Gasteiger partial charge < -0.3 is 4.84 Å². The number of thioether (sulfide) groups is 1. The summed E-state index contributed by atoms with van der Waals surface area (Å²) < 4.78 is 1.00. The van der Waals surface area contributed by atoms with Crippen molar-refractivity contribution in [1.82, 2.24) is 0 Å². The second kappa shape index (κ2) is 3.81. The maximum atomic E-state index is 5.62. The number of rotatable bonds is 2. The summed E-state index contributed by atoms with van der Waals surface area (Å²) in [6.45, 7) is 4.18. The monoisotopic (exact) mass is 229 g/mol. The molecule has 1 fully saturated rings. The fourth-order valence-electron chi connectivity index (χ4n) is 2.38. The average molecular weight is 229 g/mol. The molecular weight excluding hydrogens is 214 g/mol. The summed E-state index contributed by atoms with van der Waals surface area (Å²) in [5, 5.41) is 4.11. The van der Waals surface area contributed by atoms with Crippen molar-refractivity contribution in [3.63, 3.8) is 0 Å². The third-order valence-corrected chi connectivity index (χ3v) is 4.68. The van der Waals surface area contributed by atoms with Gasteiger partial charge in [0.2, 0.25) is 0 Å². The molecule has 0 aromatic rings. The Morgan fingerprint density at radius 3 is 3.29 bits per heavy atom. The maximum Gasteiger partial charge on any atom is 0.186 e. The lowest BCUT2D eigenvalue weighted by atomic mass is 9.90. The summed E-state index contributed by atoms with van der Waals surface area (Å²) in [5.41, 5.74) is 0.904. The molecule has 1 saturated carbocycles. The molecule has 14 heavy (non-hydrogen) atoms. The molecule has 2 nitrogen and oxygen atoms in total. The van der Waals surface area contributed by atoms with Crippen LogP contribution in [0.3, 0.4) is 0 Å². The third kappa shape index (κ3) is 1.39. The second-order valence-electron chi connectivity index (χ2n) is 3.88. The summed E-state index contributed by atoms with van der Waals surface area (Å²) in [6, 6.07) is 0. The van der Waals surface area contributed by atoms with E-state index in [1.54, 1.807) is 11.8 Å². The van der Waals surface area contributed by atoms with E-state index in [1.807, 2.05) is 0 Å². The minimum Gasteiger partial charge on any atom is -0.382 e. The molecule has 0 aromatic heterocycles. The highest BCUT2D eigenvalue weighted by Gasteiger charge is 2.53.